The molecule has 0 heterocycles. The van der Waals surface area contributed by atoms with Crippen molar-refractivity contribution in [2.24, 2.45) is 10.4 Å². The van der Waals surface area contributed by atoms with Crippen molar-refractivity contribution in [2.75, 3.05) is 0 Å². The van der Waals surface area contributed by atoms with Crippen LogP contribution in [0.15, 0.2) is 53.5 Å². The minimum atomic E-state index is 0.118. The Morgan fingerprint density at radius 1 is 0.842 bits per heavy atom. The third-order valence-electron chi connectivity index (χ3n) is 3.41. The lowest BCUT2D eigenvalue weighted by Crippen LogP contribution is -2.07. The van der Waals surface area contributed by atoms with E-state index in [9.17, 15) is 0 Å². The summed E-state index contributed by atoms with van der Waals surface area (Å²) < 4.78 is 0. The van der Waals surface area contributed by atoms with Gasteiger partial charge < -0.3 is 0 Å². The van der Waals surface area contributed by atoms with Crippen LogP contribution in [0.5, 0.6) is 0 Å². The average molecular weight is 249 g/mol. The Balaban J connectivity index is 2.13. The van der Waals surface area contributed by atoms with Crippen LogP contribution in [0.3, 0.4) is 0 Å². The maximum absolute atomic E-state index is 4.85. The van der Waals surface area contributed by atoms with Crippen molar-refractivity contribution in [3.63, 3.8) is 0 Å². The first-order chi connectivity index (χ1) is 9.06. The second kappa shape index (κ2) is 4.34. The van der Waals surface area contributed by atoms with Crippen LogP contribution in [0.2, 0.25) is 0 Å². The summed E-state index contributed by atoms with van der Waals surface area (Å²) in [6, 6.07) is 17.3. The molecule has 3 rings (SSSR count). The third kappa shape index (κ3) is 2.21. The largest absolute Gasteiger partial charge is 0.284 e. The molecule has 0 saturated heterocycles. The summed E-state index contributed by atoms with van der Waals surface area (Å²) in [7, 11) is 0. The van der Waals surface area contributed by atoms with E-state index in [-0.39, 0.29) is 11.5 Å². The Bertz CT molecular complexity index is 587. The summed E-state index contributed by atoms with van der Waals surface area (Å²) in [5.41, 5.74) is 5.42. The van der Waals surface area contributed by atoms with Crippen molar-refractivity contribution < 1.29 is 0 Å². The first-order valence-corrected chi connectivity index (χ1v) is 6.79. The Morgan fingerprint density at radius 3 is 1.79 bits per heavy atom. The van der Waals surface area contributed by atoms with E-state index < -0.39 is 0 Å². The maximum Gasteiger partial charge on any atom is 0.101 e. The van der Waals surface area contributed by atoms with Gasteiger partial charge in [-0.25, -0.2) is 0 Å². The van der Waals surface area contributed by atoms with Gasteiger partial charge in [-0.2, -0.15) is 0 Å². The van der Waals surface area contributed by atoms with Crippen LogP contribution < -0.4 is 0 Å². The Kier molecular flexibility index (Phi) is 2.78. The smallest absolute Gasteiger partial charge is 0.101 e. The van der Waals surface area contributed by atoms with Crippen molar-refractivity contribution in [1.82, 2.24) is 0 Å². The van der Waals surface area contributed by atoms with Gasteiger partial charge in [-0.3, -0.25) is 4.99 Å². The standard InChI is InChI=1S/C18H19N/c1-18(2,3)12-19-17-15-10-6-4-8-13(15)14-9-5-7-11-16(14)17/h4-12,17H,1-3H3. The molecule has 0 saturated carbocycles. The summed E-state index contributed by atoms with van der Waals surface area (Å²) in [6.07, 6.45) is 2.08. The van der Waals surface area contributed by atoms with E-state index >= 15 is 0 Å². The second-order valence-corrected chi connectivity index (χ2v) is 6.22. The van der Waals surface area contributed by atoms with Crippen molar-refractivity contribution in [3.05, 3.63) is 59.7 Å². The number of hydrogen-bond donors (Lipinski definition) is 0. The minimum absolute atomic E-state index is 0.118. The van der Waals surface area contributed by atoms with Crippen LogP contribution in [-0.2, 0) is 0 Å². The summed E-state index contributed by atoms with van der Waals surface area (Å²) in [6.45, 7) is 6.55. The molecule has 1 aliphatic carbocycles. The zero-order chi connectivity index (χ0) is 13.5. The number of aliphatic imine (C=N–C) groups is 1. The van der Waals surface area contributed by atoms with Gasteiger partial charge in [0.2, 0.25) is 0 Å². The van der Waals surface area contributed by atoms with Crippen LogP contribution in [0.1, 0.15) is 37.9 Å². The lowest BCUT2D eigenvalue weighted by atomic mass is 9.98. The molecule has 2 aromatic carbocycles. The molecule has 19 heavy (non-hydrogen) atoms. The molecule has 0 bridgehead atoms. The first kappa shape index (κ1) is 12.2. The average Bonchev–Trinajstić information content (AvgIpc) is 2.70. The van der Waals surface area contributed by atoms with Gasteiger partial charge in [0.05, 0.1) is 0 Å². The van der Waals surface area contributed by atoms with Gasteiger partial charge >= 0.3 is 0 Å². The molecule has 0 fully saturated rings. The van der Waals surface area contributed by atoms with Crippen molar-refractivity contribution in [2.45, 2.75) is 26.8 Å². The Hall–Kier alpha value is -1.89. The number of benzene rings is 2. The number of hydrogen-bond acceptors (Lipinski definition) is 1. The highest BCUT2D eigenvalue weighted by Gasteiger charge is 2.27. The van der Waals surface area contributed by atoms with Gasteiger partial charge in [-0.1, -0.05) is 69.3 Å². The van der Waals surface area contributed by atoms with Gasteiger partial charge in [0.15, 0.2) is 0 Å². The van der Waals surface area contributed by atoms with E-state index in [2.05, 4.69) is 75.5 Å². The molecule has 0 radical (unpaired) electrons. The normalized spacial score (nSPS) is 14.7. The van der Waals surface area contributed by atoms with Crippen molar-refractivity contribution >= 4 is 6.21 Å². The summed E-state index contributed by atoms with van der Waals surface area (Å²) in [5, 5.41) is 0. The van der Waals surface area contributed by atoms with Gasteiger partial charge in [-0.15, -0.1) is 0 Å². The van der Waals surface area contributed by atoms with Crippen LogP contribution in [0.4, 0.5) is 0 Å². The van der Waals surface area contributed by atoms with Crippen LogP contribution in [-0.4, -0.2) is 6.21 Å². The summed E-state index contributed by atoms with van der Waals surface area (Å²) >= 11 is 0. The zero-order valence-electron chi connectivity index (χ0n) is 11.7. The van der Waals surface area contributed by atoms with Crippen LogP contribution in [0, 0.1) is 5.41 Å². The van der Waals surface area contributed by atoms with E-state index in [1.54, 1.807) is 0 Å². The molecule has 1 heteroatoms. The molecular formula is C18H19N. The molecule has 0 amide bonds. The molecule has 2 aromatic rings. The SMILES string of the molecule is CC(C)(C)C=NC1c2ccccc2-c2ccccc21. The van der Waals surface area contributed by atoms with E-state index in [4.69, 9.17) is 4.99 Å². The van der Waals surface area contributed by atoms with Crippen LogP contribution >= 0.6 is 0 Å². The van der Waals surface area contributed by atoms with E-state index in [0.717, 1.165) is 0 Å². The fourth-order valence-corrected chi connectivity index (χ4v) is 2.59. The first-order valence-electron chi connectivity index (χ1n) is 6.79. The highest BCUT2D eigenvalue weighted by Crippen LogP contribution is 2.45. The monoisotopic (exact) mass is 249 g/mol. The molecule has 0 aromatic heterocycles. The van der Waals surface area contributed by atoms with E-state index in [1.807, 2.05) is 0 Å². The fraction of sp³-hybridized carbons (Fsp3) is 0.278. The predicted octanol–water partition coefficient (Wildman–Crippen LogP) is 4.87. The van der Waals surface area contributed by atoms with Gasteiger partial charge in [0.1, 0.15) is 6.04 Å². The molecule has 0 spiro atoms. The minimum Gasteiger partial charge on any atom is -0.284 e. The van der Waals surface area contributed by atoms with Crippen molar-refractivity contribution in [3.8, 4) is 11.1 Å². The molecule has 96 valence electrons. The lowest BCUT2D eigenvalue weighted by molar-refractivity contribution is 0.601. The third-order valence-corrected chi connectivity index (χ3v) is 3.41. The molecule has 0 unspecified atom stereocenters. The molecule has 1 aliphatic rings. The number of nitrogens with zero attached hydrogens (tertiary/aromatic N) is 1. The Labute approximate surface area is 115 Å². The molecule has 0 atom stereocenters. The fourth-order valence-electron chi connectivity index (χ4n) is 2.59. The molecular weight excluding hydrogens is 230 g/mol. The number of fused-ring (bicyclic) bond motifs is 3. The molecule has 0 aliphatic heterocycles. The van der Waals surface area contributed by atoms with E-state index in [1.165, 1.54) is 22.3 Å². The van der Waals surface area contributed by atoms with Gasteiger partial charge in [-0.05, 0) is 27.7 Å². The Morgan fingerprint density at radius 2 is 1.32 bits per heavy atom. The zero-order valence-corrected chi connectivity index (χ0v) is 11.7. The predicted molar refractivity (Wildman–Crippen MR) is 81.7 cm³/mol. The number of rotatable bonds is 1. The topological polar surface area (TPSA) is 12.4 Å². The van der Waals surface area contributed by atoms with Gasteiger partial charge in [0.25, 0.3) is 0 Å². The summed E-state index contributed by atoms with van der Waals surface area (Å²) in [4.78, 5) is 4.85. The maximum atomic E-state index is 4.85. The molecule has 0 N–H and O–H groups in total. The van der Waals surface area contributed by atoms with E-state index in [0.29, 0.717) is 0 Å². The highest BCUT2D eigenvalue weighted by atomic mass is 14.8. The van der Waals surface area contributed by atoms with Crippen molar-refractivity contribution in [1.29, 1.82) is 0 Å². The summed E-state index contributed by atoms with van der Waals surface area (Å²) in [5.74, 6) is 0. The quantitative estimate of drug-likeness (QED) is 0.639. The van der Waals surface area contributed by atoms with Crippen LogP contribution in [0.25, 0.3) is 11.1 Å². The second-order valence-electron chi connectivity index (χ2n) is 6.22. The molecule has 1 nitrogen and oxygen atoms in total. The van der Waals surface area contributed by atoms with Gasteiger partial charge in [0, 0.05) is 6.21 Å². The lowest BCUT2D eigenvalue weighted by Gasteiger charge is -2.14. The highest BCUT2D eigenvalue weighted by molar-refractivity contribution is 5.79.